The van der Waals surface area contributed by atoms with Crippen molar-refractivity contribution in [3.63, 3.8) is 0 Å². The minimum Gasteiger partial charge on any atom is -0.435 e. The van der Waals surface area contributed by atoms with Gasteiger partial charge in [-0.05, 0) is 17.7 Å². The number of benzene rings is 1. The van der Waals surface area contributed by atoms with Gasteiger partial charge in [-0.25, -0.2) is 9.97 Å². The zero-order valence-electron chi connectivity index (χ0n) is 9.38. The molecule has 4 nitrogen and oxygen atoms in total. The van der Waals surface area contributed by atoms with Crippen LogP contribution in [0.3, 0.4) is 0 Å². The standard InChI is InChI=1S/C12H11F2N3O/c13-12(14)18-11-3-1-2-9(4-11)5-17-10-6-15-8-16-7-10/h1-4,6-8,12,17H,5H2. The number of halogens is 2. The van der Waals surface area contributed by atoms with Crippen molar-refractivity contribution < 1.29 is 13.5 Å². The average molecular weight is 251 g/mol. The van der Waals surface area contributed by atoms with Crippen LogP contribution >= 0.6 is 0 Å². The summed E-state index contributed by atoms with van der Waals surface area (Å²) in [5.74, 6) is 0.147. The molecular formula is C12H11F2N3O. The number of hydrogen-bond acceptors (Lipinski definition) is 4. The maximum absolute atomic E-state index is 12.0. The minimum atomic E-state index is -2.81. The van der Waals surface area contributed by atoms with E-state index in [-0.39, 0.29) is 5.75 Å². The zero-order chi connectivity index (χ0) is 12.8. The number of alkyl halides is 2. The van der Waals surface area contributed by atoms with Gasteiger partial charge in [-0.15, -0.1) is 0 Å². The molecule has 0 aliphatic rings. The van der Waals surface area contributed by atoms with Crippen molar-refractivity contribution in [1.29, 1.82) is 0 Å². The van der Waals surface area contributed by atoms with Crippen molar-refractivity contribution in [3.8, 4) is 5.75 Å². The van der Waals surface area contributed by atoms with Gasteiger partial charge in [-0.3, -0.25) is 0 Å². The molecule has 0 aliphatic carbocycles. The number of hydrogen-bond donors (Lipinski definition) is 1. The van der Waals surface area contributed by atoms with E-state index in [1.807, 2.05) is 6.07 Å². The molecule has 2 aromatic rings. The molecule has 1 aromatic carbocycles. The predicted molar refractivity (Wildman–Crippen MR) is 62.4 cm³/mol. The summed E-state index contributed by atoms with van der Waals surface area (Å²) in [7, 11) is 0. The molecule has 94 valence electrons. The first-order valence-corrected chi connectivity index (χ1v) is 5.26. The summed E-state index contributed by atoms with van der Waals surface area (Å²) in [6.45, 7) is -2.33. The monoisotopic (exact) mass is 251 g/mol. The first-order valence-electron chi connectivity index (χ1n) is 5.26. The van der Waals surface area contributed by atoms with E-state index in [2.05, 4.69) is 20.0 Å². The summed E-state index contributed by atoms with van der Waals surface area (Å²) >= 11 is 0. The van der Waals surface area contributed by atoms with Crippen molar-refractivity contribution in [2.24, 2.45) is 0 Å². The van der Waals surface area contributed by atoms with Gasteiger partial charge in [0.2, 0.25) is 0 Å². The highest BCUT2D eigenvalue weighted by molar-refractivity contribution is 5.39. The summed E-state index contributed by atoms with van der Waals surface area (Å²) in [6, 6.07) is 6.52. The smallest absolute Gasteiger partial charge is 0.387 e. The topological polar surface area (TPSA) is 47.0 Å². The number of anilines is 1. The Morgan fingerprint density at radius 2 is 2.00 bits per heavy atom. The van der Waals surface area contributed by atoms with Gasteiger partial charge >= 0.3 is 6.61 Å². The second-order valence-corrected chi connectivity index (χ2v) is 3.51. The maximum Gasteiger partial charge on any atom is 0.387 e. The van der Waals surface area contributed by atoms with Crippen LogP contribution in [-0.4, -0.2) is 16.6 Å². The molecule has 0 atom stereocenters. The second-order valence-electron chi connectivity index (χ2n) is 3.51. The number of aromatic nitrogens is 2. The highest BCUT2D eigenvalue weighted by Crippen LogP contribution is 2.16. The summed E-state index contributed by atoms with van der Waals surface area (Å²) in [6.07, 6.45) is 4.70. The molecular weight excluding hydrogens is 240 g/mol. The van der Waals surface area contributed by atoms with Gasteiger partial charge in [0.25, 0.3) is 0 Å². The first kappa shape index (κ1) is 12.2. The first-order chi connectivity index (χ1) is 8.74. The van der Waals surface area contributed by atoms with E-state index in [0.717, 1.165) is 11.3 Å². The predicted octanol–water partition coefficient (Wildman–Crippen LogP) is 2.69. The largest absolute Gasteiger partial charge is 0.435 e. The Morgan fingerprint density at radius 1 is 1.22 bits per heavy atom. The third kappa shape index (κ3) is 3.65. The molecule has 0 radical (unpaired) electrons. The third-order valence-electron chi connectivity index (χ3n) is 2.18. The lowest BCUT2D eigenvalue weighted by atomic mass is 10.2. The zero-order valence-corrected chi connectivity index (χ0v) is 9.38. The fraction of sp³-hybridized carbons (Fsp3) is 0.167. The lowest BCUT2D eigenvalue weighted by Crippen LogP contribution is -2.04. The van der Waals surface area contributed by atoms with Crippen LogP contribution in [0.15, 0.2) is 43.0 Å². The van der Waals surface area contributed by atoms with E-state index in [1.165, 1.54) is 12.4 Å². The Morgan fingerprint density at radius 3 is 2.72 bits per heavy atom. The van der Waals surface area contributed by atoms with E-state index in [9.17, 15) is 8.78 Å². The fourth-order valence-electron chi connectivity index (χ4n) is 1.43. The van der Waals surface area contributed by atoms with E-state index in [1.54, 1.807) is 24.5 Å². The molecule has 0 spiro atoms. The van der Waals surface area contributed by atoms with E-state index >= 15 is 0 Å². The summed E-state index contributed by atoms with van der Waals surface area (Å²) in [5, 5.41) is 3.07. The Balaban J connectivity index is 1.97. The van der Waals surface area contributed by atoms with E-state index < -0.39 is 6.61 Å². The summed E-state index contributed by atoms with van der Waals surface area (Å²) in [5.41, 5.74) is 1.59. The van der Waals surface area contributed by atoms with Crippen LogP contribution in [0.2, 0.25) is 0 Å². The molecule has 6 heteroatoms. The quantitative estimate of drug-likeness (QED) is 0.887. The van der Waals surface area contributed by atoms with Crippen LogP contribution < -0.4 is 10.1 Å². The van der Waals surface area contributed by atoms with Crippen LogP contribution in [0, 0.1) is 0 Å². The molecule has 0 aliphatic heterocycles. The highest BCUT2D eigenvalue weighted by Gasteiger charge is 2.04. The molecule has 1 aromatic heterocycles. The van der Waals surface area contributed by atoms with E-state index in [4.69, 9.17) is 0 Å². The number of rotatable bonds is 5. The minimum absolute atomic E-state index is 0.147. The molecule has 0 amide bonds. The maximum atomic E-state index is 12.0. The van der Waals surface area contributed by atoms with Gasteiger partial charge in [0.05, 0.1) is 18.1 Å². The lowest BCUT2D eigenvalue weighted by molar-refractivity contribution is -0.0498. The molecule has 18 heavy (non-hydrogen) atoms. The van der Waals surface area contributed by atoms with E-state index in [0.29, 0.717) is 6.54 Å². The van der Waals surface area contributed by atoms with Gasteiger partial charge < -0.3 is 10.1 Å². The molecule has 1 N–H and O–H groups in total. The van der Waals surface area contributed by atoms with Crippen molar-refractivity contribution >= 4 is 5.69 Å². The van der Waals surface area contributed by atoms with Gasteiger partial charge in [-0.2, -0.15) is 8.78 Å². The molecule has 0 saturated carbocycles. The number of nitrogens with zero attached hydrogens (tertiary/aromatic N) is 2. The number of nitrogens with one attached hydrogen (secondary N) is 1. The van der Waals surface area contributed by atoms with Gasteiger partial charge in [0.15, 0.2) is 0 Å². The molecule has 2 rings (SSSR count). The van der Waals surface area contributed by atoms with Crippen molar-refractivity contribution in [1.82, 2.24) is 9.97 Å². The molecule has 0 unspecified atom stereocenters. The van der Waals surface area contributed by atoms with Crippen molar-refractivity contribution in [2.75, 3.05) is 5.32 Å². The highest BCUT2D eigenvalue weighted by atomic mass is 19.3. The Bertz CT molecular complexity index is 494. The van der Waals surface area contributed by atoms with Gasteiger partial charge in [0, 0.05) is 6.54 Å². The average Bonchev–Trinajstić information content (AvgIpc) is 2.37. The van der Waals surface area contributed by atoms with Crippen LogP contribution in [0.5, 0.6) is 5.75 Å². The lowest BCUT2D eigenvalue weighted by Gasteiger charge is -2.08. The van der Waals surface area contributed by atoms with Crippen LogP contribution in [0.25, 0.3) is 0 Å². The van der Waals surface area contributed by atoms with Crippen molar-refractivity contribution in [2.45, 2.75) is 13.2 Å². The van der Waals surface area contributed by atoms with Gasteiger partial charge in [0.1, 0.15) is 12.1 Å². The van der Waals surface area contributed by atoms with Crippen LogP contribution in [-0.2, 0) is 6.54 Å². The third-order valence-corrected chi connectivity index (χ3v) is 2.18. The number of ether oxygens (including phenoxy) is 1. The molecule has 0 fully saturated rings. The SMILES string of the molecule is FC(F)Oc1cccc(CNc2cncnc2)c1. The second kappa shape index (κ2) is 5.90. The Hall–Kier alpha value is -2.24. The Kier molecular flexibility index (Phi) is 4.01. The molecule has 1 heterocycles. The molecule has 0 saturated heterocycles. The normalized spacial score (nSPS) is 10.4. The van der Waals surface area contributed by atoms with Crippen LogP contribution in [0.4, 0.5) is 14.5 Å². The summed E-state index contributed by atoms with van der Waals surface area (Å²) < 4.78 is 28.4. The van der Waals surface area contributed by atoms with Crippen molar-refractivity contribution in [3.05, 3.63) is 48.5 Å². The Labute approximate surface area is 103 Å². The summed E-state index contributed by atoms with van der Waals surface area (Å²) in [4.78, 5) is 7.71. The molecule has 0 bridgehead atoms. The fourth-order valence-corrected chi connectivity index (χ4v) is 1.43. The van der Waals surface area contributed by atoms with Crippen LogP contribution in [0.1, 0.15) is 5.56 Å². The van der Waals surface area contributed by atoms with Gasteiger partial charge in [-0.1, -0.05) is 12.1 Å².